The minimum absolute atomic E-state index is 0.283. The maximum absolute atomic E-state index is 8.56. The Bertz CT molecular complexity index is 464. The second kappa shape index (κ2) is 3.92. The number of hydroxylamine groups is 1. The van der Waals surface area contributed by atoms with Gasteiger partial charge in [-0.05, 0) is 0 Å². The second-order valence-electron chi connectivity index (χ2n) is 3.67. The lowest BCUT2D eigenvalue weighted by molar-refractivity contribution is 0.161. The summed E-state index contributed by atoms with van der Waals surface area (Å²) in [6.45, 7) is 4.41. The smallest absolute Gasteiger partial charge is 0.252 e. The number of nitrogens with one attached hydrogen (secondary N) is 1. The van der Waals surface area contributed by atoms with Crippen molar-refractivity contribution in [3.63, 3.8) is 0 Å². The van der Waals surface area contributed by atoms with E-state index in [0.717, 1.165) is 11.4 Å². The standard InChI is InChI=1S/C9H13N5O/c1-6(2)8-12-9-10-3-7(4-11-15)5-14(9)13-8/h3,5-6,11,15H,4H2,1-2H3. The van der Waals surface area contributed by atoms with Crippen molar-refractivity contribution in [2.45, 2.75) is 26.3 Å². The summed E-state index contributed by atoms with van der Waals surface area (Å²) in [5.74, 6) is 1.64. The maximum Gasteiger partial charge on any atom is 0.252 e. The van der Waals surface area contributed by atoms with Crippen LogP contribution in [0.15, 0.2) is 12.4 Å². The molecule has 6 heteroatoms. The SMILES string of the molecule is CC(C)c1nc2ncc(CNO)cn2n1. The van der Waals surface area contributed by atoms with E-state index < -0.39 is 0 Å². The van der Waals surface area contributed by atoms with E-state index in [0.29, 0.717) is 12.3 Å². The van der Waals surface area contributed by atoms with E-state index in [1.54, 1.807) is 16.9 Å². The van der Waals surface area contributed by atoms with E-state index in [1.807, 2.05) is 13.8 Å². The summed E-state index contributed by atoms with van der Waals surface area (Å²) < 4.78 is 1.63. The zero-order valence-electron chi connectivity index (χ0n) is 8.68. The van der Waals surface area contributed by atoms with Crippen LogP contribution in [0.2, 0.25) is 0 Å². The molecule has 0 aliphatic rings. The Kier molecular flexibility index (Phi) is 2.61. The van der Waals surface area contributed by atoms with Crippen LogP contribution in [0.4, 0.5) is 0 Å². The van der Waals surface area contributed by atoms with Crippen molar-refractivity contribution in [1.82, 2.24) is 25.1 Å². The molecule has 0 spiro atoms. The fourth-order valence-corrected chi connectivity index (χ4v) is 1.26. The first-order valence-corrected chi connectivity index (χ1v) is 4.79. The summed E-state index contributed by atoms with van der Waals surface area (Å²) in [5.41, 5.74) is 2.93. The van der Waals surface area contributed by atoms with Gasteiger partial charge in [-0.15, -0.1) is 5.10 Å². The molecule has 6 nitrogen and oxygen atoms in total. The highest BCUT2D eigenvalue weighted by Crippen LogP contribution is 2.09. The van der Waals surface area contributed by atoms with Gasteiger partial charge in [0.05, 0.1) is 0 Å². The van der Waals surface area contributed by atoms with Crippen molar-refractivity contribution in [1.29, 1.82) is 0 Å². The van der Waals surface area contributed by atoms with Gasteiger partial charge in [-0.3, -0.25) is 0 Å². The Labute approximate surface area is 86.9 Å². The third kappa shape index (κ3) is 1.95. The molecule has 2 aromatic rings. The van der Waals surface area contributed by atoms with E-state index in [4.69, 9.17) is 5.21 Å². The number of rotatable bonds is 3. The highest BCUT2D eigenvalue weighted by atomic mass is 16.5. The van der Waals surface area contributed by atoms with Crippen LogP contribution in [0.25, 0.3) is 5.78 Å². The van der Waals surface area contributed by atoms with E-state index >= 15 is 0 Å². The lowest BCUT2D eigenvalue weighted by Gasteiger charge is -1.97. The average Bonchev–Trinajstić information content (AvgIpc) is 2.61. The van der Waals surface area contributed by atoms with Crippen LogP contribution < -0.4 is 5.48 Å². The van der Waals surface area contributed by atoms with Gasteiger partial charge in [0.2, 0.25) is 0 Å². The Morgan fingerprint density at radius 1 is 1.53 bits per heavy atom. The molecule has 2 heterocycles. The third-order valence-electron chi connectivity index (χ3n) is 2.06. The molecule has 2 rings (SSSR count). The van der Waals surface area contributed by atoms with Crippen LogP contribution in [0.5, 0.6) is 0 Å². The van der Waals surface area contributed by atoms with Crippen molar-refractivity contribution in [2.24, 2.45) is 0 Å². The quantitative estimate of drug-likeness (QED) is 0.725. The number of fused-ring (bicyclic) bond motifs is 1. The topological polar surface area (TPSA) is 75.3 Å². The summed E-state index contributed by atoms with van der Waals surface area (Å²) in [4.78, 5) is 8.41. The zero-order valence-corrected chi connectivity index (χ0v) is 8.68. The van der Waals surface area contributed by atoms with Gasteiger partial charge in [-0.2, -0.15) is 4.98 Å². The van der Waals surface area contributed by atoms with Gasteiger partial charge in [-0.25, -0.2) is 15.0 Å². The third-order valence-corrected chi connectivity index (χ3v) is 2.06. The van der Waals surface area contributed by atoms with E-state index in [2.05, 4.69) is 20.5 Å². The molecule has 80 valence electrons. The molecular formula is C9H13N5O. The first-order valence-electron chi connectivity index (χ1n) is 4.79. The van der Waals surface area contributed by atoms with E-state index in [9.17, 15) is 0 Å². The Morgan fingerprint density at radius 2 is 2.33 bits per heavy atom. The minimum Gasteiger partial charge on any atom is -0.316 e. The normalized spacial score (nSPS) is 11.5. The van der Waals surface area contributed by atoms with Crippen LogP contribution in [-0.2, 0) is 6.54 Å². The van der Waals surface area contributed by atoms with Crippen LogP contribution in [0.3, 0.4) is 0 Å². The van der Waals surface area contributed by atoms with Crippen molar-refractivity contribution >= 4 is 5.78 Å². The van der Waals surface area contributed by atoms with Crippen molar-refractivity contribution < 1.29 is 5.21 Å². The predicted molar refractivity (Wildman–Crippen MR) is 53.5 cm³/mol. The molecule has 0 saturated heterocycles. The molecule has 2 aromatic heterocycles. The van der Waals surface area contributed by atoms with Gasteiger partial charge in [0, 0.05) is 30.4 Å². The molecule has 0 aliphatic carbocycles. The molecule has 0 amide bonds. The van der Waals surface area contributed by atoms with Crippen molar-refractivity contribution in [3.8, 4) is 0 Å². The summed E-state index contributed by atoms with van der Waals surface area (Å²) in [6.07, 6.45) is 3.46. The summed E-state index contributed by atoms with van der Waals surface area (Å²) in [7, 11) is 0. The van der Waals surface area contributed by atoms with E-state index in [1.165, 1.54) is 0 Å². The first-order chi connectivity index (χ1) is 7.20. The average molecular weight is 207 g/mol. The molecule has 15 heavy (non-hydrogen) atoms. The minimum atomic E-state index is 0.283. The summed E-state index contributed by atoms with van der Waals surface area (Å²) in [6, 6.07) is 0. The van der Waals surface area contributed by atoms with Gasteiger partial charge in [0.25, 0.3) is 5.78 Å². The second-order valence-corrected chi connectivity index (χ2v) is 3.67. The van der Waals surface area contributed by atoms with Crippen LogP contribution in [0.1, 0.15) is 31.2 Å². The maximum atomic E-state index is 8.56. The molecule has 0 unspecified atom stereocenters. The fourth-order valence-electron chi connectivity index (χ4n) is 1.26. The molecule has 0 radical (unpaired) electrons. The Balaban J connectivity index is 2.43. The van der Waals surface area contributed by atoms with Gasteiger partial charge < -0.3 is 5.21 Å². The number of hydrogen-bond donors (Lipinski definition) is 2. The van der Waals surface area contributed by atoms with Gasteiger partial charge >= 0.3 is 0 Å². The lowest BCUT2D eigenvalue weighted by atomic mass is 10.2. The highest BCUT2D eigenvalue weighted by molar-refractivity contribution is 5.28. The van der Waals surface area contributed by atoms with Gasteiger partial charge in [0.1, 0.15) is 0 Å². The molecule has 2 N–H and O–H groups in total. The molecule has 0 saturated carbocycles. The highest BCUT2D eigenvalue weighted by Gasteiger charge is 2.08. The number of aromatic nitrogens is 4. The number of hydrogen-bond acceptors (Lipinski definition) is 5. The van der Waals surface area contributed by atoms with Crippen LogP contribution in [0, 0.1) is 0 Å². The van der Waals surface area contributed by atoms with Crippen LogP contribution >= 0.6 is 0 Å². The molecule has 0 atom stereocenters. The van der Waals surface area contributed by atoms with Crippen LogP contribution in [-0.4, -0.2) is 24.8 Å². The Hall–Kier alpha value is -1.53. The summed E-state index contributed by atoms with van der Waals surface area (Å²) in [5, 5.41) is 12.9. The fraction of sp³-hybridized carbons (Fsp3) is 0.444. The number of nitrogens with zero attached hydrogens (tertiary/aromatic N) is 4. The zero-order chi connectivity index (χ0) is 10.8. The van der Waals surface area contributed by atoms with Crippen molar-refractivity contribution in [2.75, 3.05) is 0 Å². The molecule has 0 bridgehead atoms. The van der Waals surface area contributed by atoms with E-state index in [-0.39, 0.29) is 5.92 Å². The molecule has 0 aliphatic heterocycles. The lowest BCUT2D eigenvalue weighted by Crippen LogP contribution is -2.07. The molecular weight excluding hydrogens is 194 g/mol. The molecule has 0 fully saturated rings. The monoisotopic (exact) mass is 207 g/mol. The van der Waals surface area contributed by atoms with Gasteiger partial charge in [-0.1, -0.05) is 13.8 Å². The van der Waals surface area contributed by atoms with Crippen molar-refractivity contribution in [3.05, 3.63) is 23.8 Å². The Morgan fingerprint density at radius 3 is 3.00 bits per heavy atom. The summed E-state index contributed by atoms with van der Waals surface area (Å²) >= 11 is 0. The molecule has 0 aromatic carbocycles. The predicted octanol–water partition coefficient (Wildman–Crippen LogP) is 0.727. The first kappa shape index (κ1) is 10.0. The largest absolute Gasteiger partial charge is 0.316 e. The van der Waals surface area contributed by atoms with Gasteiger partial charge in [0.15, 0.2) is 5.82 Å².